The van der Waals surface area contributed by atoms with Crippen molar-refractivity contribution in [2.45, 2.75) is 266 Å². The Morgan fingerprint density at radius 3 is 1.23 bits per heavy atom. The van der Waals surface area contributed by atoms with Crippen LogP contribution in [-0.2, 0) is 37.9 Å². The molecule has 0 aromatic carbocycles. The summed E-state index contributed by atoms with van der Waals surface area (Å²) in [6.07, 6.45) is -5.11. The van der Waals surface area contributed by atoms with Gasteiger partial charge in [0.2, 0.25) is 0 Å². The standard InChI is InChI=1S/C50H94O20/c1-4-6-8-10-12-14-16-18-20-22-50(23-21-19-17-15-13-11-9-7-5-2,29-63-47-43(61)40(58)45(35(27-53)67-47)69-37-24-32(55)39(57)34(26-52)65-37)30-64-48-44(62)41(59)46(36(28-54)68-48)70-49-42(60)38(56)31(3)33(25-51)66-49/h31-49,51-62H,4-30H2,1-3H3/t31-,32?,33?,34?,35?,36?,37-,38?,39+,40?,41?,42+,43+,44+,45-,46-,47-,48?,49?/m0/s1. The Hall–Kier alpha value is -0.800. The number of aliphatic hydroxyl groups excluding tert-OH is 12. The first-order valence-electron chi connectivity index (χ1n) is 26.7. The van der Waals surface area contributed by atoms with Crippen molar-refractivity contribution in [1.29, 1.82) is 0 Å². The fourth-order valence-corrected chi connectivity index (χ4v) is 10.2. The first-order chi connectivity index (χ1) is 33.7. The Labute approximate surface area is 415 Å². The van der Waals surface area contributed by atoms with E-state index >= 15 is 0 Å². The average Bonchev–Trinajstić information content (AvgIpc) is 3.36. The zero-order valence-electron chi connectivity index (χ0n) is 42.2. The lowest BCUT2D eigenvalue weighted by atomic mass is 9.79. The smallest absolute Gasteiger partial charge is 0.187 e. The highest BCUT2D eigenvalue weighted by Gasteiger charge is 2.52. The van der Waals surface area contributed by atoms with Crippen molar-refractivity contribution in [3.8, 4) is 0 Å². The van der Waals surface area contributed by atoms with Crippen molar-refractivity contribution >= 4 is 0 Å². The molecule has 12 N–H and O–H groups in total. The summed E-state index contributed by atoms with van der Waals surface area (Å²) >= 11 is 0. The second kappa shape index (κ2) is 32.6. The van der Waals surface area contributed by atoms with E-state index in [4.69, 9.17) is 37.9 Å². The van der Waals surface area contributed by atoms with E-state index in [0.29, 0.717) is 12.8 Å². The van der Waals surface area contributed by atoms with Crippen LogP contribution in [0.1, 0.15) is 156 Å². The van der Waals surface area contributed by atoms with Crippen LogP contribution in [0.15, 0.2) is 0 Å². The van der Waals surface area contributed by atoms with Gasteiger partial charge in [-0.1, -0.05) is 136 Å². The van der Waals surface area contributed by atoms with Gasteiger partial charge >= 0.3 is 0 Å². The topological polar surface area (TPSA) is 317 Å². The third-order valence-corrected chi connectivity index (χ3v) is 14.9. The van der Waals surface area contributed by atoms with Crippen LogP contribution in [0.2, 0.25) is 0 Å². The zero-order chi connectivity index (χ0) is 51.2. The fourth-order valence-electron chi connectivity index (χ4n) is 10.2. The summed E-state index contributed by atoms with van der Waals surface area (Å²) in [5, 5.41) is 128. The van der Waals surface area contributed by atoms with Crippen LogP contribution in [-0.4, -0.2) is 212 Å². The van der Waals surface area contributed by atoms with Gasteiger partial charge in [0.15, 0.2) is 25.2 Å². The monoisotopic (exact) mass is 1010 g/mol. The second-order valence-corrected chi connectivity index (χ2v) is 20.5. The highest BCUT2D eigenvalue weighted by atomic mass is 16.8. The number of unbranched alkanes of at least 4 members (excludes halogenated alkanes) is 16. The van der Waals surface area contributed by atoms with E-state index in [2.05, 4.69) is 13.8 Å². The molecular weight excluding hydrogens is 921 g/mol. The maximum absolute atomic E-state index is 11.5. The van der Waals surface area contributed by atoms with Crippen LogP contribution in [0.3, 0.4) is 0 Å². The molecule has 4 rings (SSSR count). The van der Waals surface area contributed by atoms with Gasteiger partial charge in [-0.3, -0.25) is 0 Å². The Morgan fingerprint density at radius 2 is 0.800 bits per heavy atom. The molecule has 0 bridgehead atoms. The van der Waals surface area contributed by atoms with Crippen molar-refractivity contribution in [3.63, 3.8) is 0 Å². The van der Waals surface area contributed by atoms with E-state index in [1.807, 2.05) is 0 Å². The van der Waals surface area contributed by atoms with E-state index in [9.17, 15) is 61.3 Å². The molecular formula is C50H94O20. The molecule has 414 valence electrons. The average molecular weight is 1020 g/mol. The summed E-state index contributed by atoms with van der Waals surface area (Å²) in [6, 6.07) is 0. The van der Waals surface area contributed by atoms with Crippen LogP contribution in [0.25, 0.3) is 0 Å². The third-order valence-electron chi connectivity index (χ3n) is 14.9. The second-order valence-electron chi connectivity index (χ2n) is 20.5. The quantitative estimate of drug-likeness (QED) is 0.0406. The van der Waals surface area contributed by atoms with E-state index in [-0.39, 0.29) is 19.6 Å². The molecule has 0 radical (unpaired) electrons. The van der Waals surface area contributed by atoms with Gasteiger partial charge in [0.1, 0.15) is 67.1 Å². The molecule has 19 atom stereocenters. The summed E-state index contributed by atoms with van der Waals surface area (Å²) in [4.78, 5) is 0. The van der Waals surface area contributed by atoms with Crippen molar-refractivity contribution in [2.24, 2.45) is 11.3 Å². The largest absolute Gasteiger partial charge is 0.394 e. The van der Waals surface area contributed by atoms with Gasteiger partial charge in [0.05, 0.1) is 58.0 Å². The van der Waals surface area contributed by atoms with Gasteiger partial charge in [-0.05, 0) is 12.8 Å². The van der Waals surface area contributed by atoms with Crippen molar-refractivity contribution in [3.05, 3.63) is 0 Å². The van der Waals surface area contributed by atoms with Crippen molar-refractivity contribution in [1.82, 2.24) is 0 Å². The van der Waals surface area contributed by atoms with Crippen LogP contribution in [0.4, 0.5) is 0 Å². The molecule has 4 saturated heterocycles. The molecule has 4 heterocycles. The normalized spacial score (nSPS) is 37.5. The molecule has 4 fully saturated rings. The molecule has 0 amide bonds. The number of hydrogen-bond donors (Lipinski definition) is 12. The molecule has 0 saturated carbocycles. The SMILES string of the molecule is CCCCCCCCCCCC(CCCCCCCCCCC)(COC1OC(CO)[C@H](OC2OC(CO)[C@H](C)C(O)[C@H]2O)C(O)[C@H]1O)CO[C@H]1OC(CO)[C@H](O[C@H]2CC(O)[C@@H](O)C(CO)O2)C(O)[C@H]1O. The predicted octanol–water partition coefficient (Wildman–Crippen LogP) is 1.40. The lowest BCUT2D eigenvalue weighted by Crippen LogP contribution is -2.64. The molecule has 0 aliphatic carbocycles. The minimum atomic E-state index is -1.73. The highest BCUT2D eigenvalue weighted by molar-refractivity contribution is 4.95. The van der Waals surface area contributed by atoms with E-state index in [1.165, 1.54) is 51.4 Å². The van der Waals surface area contributed by atoms with E-state index < -0.39 is 148 Å². The third kappa shape index (κ3) is 18.2. The molecule has 4 aliphatic rings. The zero-order valence-corrected chi connectivity index (χ0v) is 42.2. The molecule has 70 heavy (non-hydrogen) atoms. The first-order valence-corrected chi connectivity index (χ1v) is 26.7. The van der Waals surface area contributed by atoms with Crippen molar-refractivity contribution < 1.29 is 99.2 Å². The first kappa shape index (κ1) is 61.7. The molecule has 20 heteroatoms. The van der Waals surface area contributed by atoms with Gasteiger partial charge in [-0.25, -0.2) is 0 Å². The lowest BCUT2D eigenvalue weighted by molar-refractivity contribution is -0.359. The van der Waals surface area contributed by atoms with Crippen LogP contribution < -0.4 is 0 Å². The van der Waals surface area contributed by atoms with Crippen LogP contribution >= 0.6 is 0 Å². The molecule has 10 unspecified atom stereocenters. The fraction of sp³-hybridized carbons (Fsp3) is 1.00. The Balaban J connectivity index is 1.53. The maximum Gasteiger partial charge on any atom is 0.187 e. The van der Waals surface area contributed by atoms with E-state index in [0.717, 1.165) is 64.2 Å². The van der Waals surface area contributed by atoms with Gasteiger partial charge < -0.3 is 99.2 Å². The Morgan fingerprint density at radius 1 is 0.414 bits per heavy atom. The van der Waals surface area contributed by atoms with Gasteiger partial charge in [0.25, 0.3) is 0 Å². The molecule has 0 aromatic heterocycles. The summed E-state index contributed by atoms with van der Waals surface area (Å²) in [5.41, 5.74) is -0.813. The molecule has 4 aliphatic heterocycles. The van der Waals surface area contributed by atoms with E-state index in [1.54, 1.807) is 6.92 Å². The number of rotatable bonds is 34. The molecule has 0 aromatic rings. The Bertz CT molecular complexity index is 1330. The summed E-state index contributed by atoms with van der Waals surface area (Å²) in [6.45, 7) is 3.37. The van der Waals surface area contributed by atoms with Crippen LogP contribution in [0.5, 0.6) is 0 Å². The Kier molecular flexibility index (Phi) is 28.8. The van der Waals surface area contributed by atoms with Gasteiger partial charge in [-0.2, -0.15) is 0 Å². The number of ether oxygens (including phenoxy) is 8. The minimum absolute atomic E-state index is 0.0721. The lowest BCUT2D eigenvalue weighted by Gasteiger charge is -2.47. The number of hydrogen-bond acceptors (Lipinski definition) is 20. The summed E-state index contributed by atoms with van der Waals surface area (Å²) in [5.74, 6) is -0.644. The van der Waals surface area contributed by atoms with Gasteiger partial charge in [-0.15, -0.1) is 0 Å². The molecule has 0 spiro atoms. The number of aliphatic hydroxyl groups is 12. The van der Waals surface area contributed by atoms with Gasteiger partial charge in [0, 0.05) is 17.8 Å². The molecule has 20 nitrogen and oxygen atoms in total. The highest BCUT2D eigenvalue weighted by Crippen LogP contribution is 2.38. The summed E-state index contributed by atoms with van der Waals surface area (Å²) in [7, 11) is 0. The van der Waals surface area contributed by atoms with Crippen LogP contribution in [0, 0.1) is 11.3 Å². The maximum atomic E-state index is 11.5. The van der Waals surface area contributed by atoms with Crippen molar-refractivity contribution in [2.75, 3.05) is 39.6 Å². The summed E-state index contributed by atoms with van der Waals surface area (Å²) < 4.78 is 48.0. The predicted molar refractivity (Wildman–Crippen MR) is 253 cm³/mol. The minimum Gasteiger partial charge on any atom is -0.394 e.